The third kappa shape index (κ3) is 2.87. The number of fused-ring (bicyclic) bond motifs is 1. The molecule has 3 heterocycles. The van der Waals surface area contributed by atoms with Crippen LogP contribution in [0.2, 0.25) is 0 Å². The van der Waals surface area contributed by atoms with E-state index in [0.717, 1.165) is 17.9 Å². The monoisotopic (exact) mass is 281 g/mol. The zero-order valence-corrected chi connectivity index (χ0v) is 11.3. The van der Waals surface area contributed by atoms with Crippen molar-refractivity contribution in [3.63, 3.8) is 0 Å². The molecule has 3 rings (SSSR count). The largest absolute Gasteiger partial charge is 0.384 e. The molecule has 3 aromatic heterocycles. The number of amidine groups is 1. The van der Waals surface area contributed by atoms with E-state index in [1.165, 1.54) is 0 Å². The molecule has 0 aliphatic carbocycles. The average molecular weight is 281 g/mol. The summed E-state index contributed by atoms with van der Waals surface area (Å²) in [4.78, 5) is 15.8. The SMILES string of the molecule is N=C(N)c1ccnc2[nH]c(CNCc3ccncc3)nc12. The number of nitrogens with one attached hydrogen (secondary N) is 3. The van der Waals surface area contributed by atoms with Crippen LogP contribution in [0.3, 0.4) is 0 Å². The number of aromatic amines is 1. The maximum absolute atomic E-state index is 7.55. The molecule has 3 aromatic rings. The lowest BCUT2D eigenvalue weighted by atomic mass is 10.2. The molecule has 0 fully saturated rings. The third-order valence-corrected chi connectivity index (χ3v) is 3.09. The second-order valence-corrected chi connectivity index (χ2v) is 4.61. The second kappa shape index (κ2) is 5.68. The Kier molecular flexibility index (Phi) is 3.57. The molecule has 0 atom stereocenters. The van der Waals surface area contributed by atoms with Crippen LogP contribution < -0.4 is 11.1 Å². The van der Waals surface area contributed by atoms with E-state index < -0.39 is 0 Å². The Morgan fingerprint density at radius 2 is 2.00 bits per heavy atom. The molecule has 0 radical (unpaired) electrons. The number of pyridine rings is 2. The Morgan fingerprint density at radius 1 is 1.19 bits per heavy atom. The molecule has 0 bridgehead atoms. The molecule has 0 aliphatic rings. The molecule has 5 N–H and O–H groups in total. The predicted octanol–water partition coefficient (Wildman–Crippen LogP) is 0.927. The van der Waals surface area contributed by atoms with Crippen LogP contribution in [0.1, 0.15) is 17.0 Å². The Balaban J connectivity index is 1.73. The lowest BCUT2D eigenvalue weighted by Gasteiger charge is -2.01. The van der Waals surface area contributed by atoms with E-state index in [1.807, 2.05) is 12.1 Å². The summed E-state index contributed by atoms with van der Waals surface area (Å²) in [6.45, 7) is 1.31. The van der Waals surface area contributed by atoms with Crippen molar-refractivity contribution in [2.75, 3.05) is 0 Å². The highest BCUT2D eigenvalue weighted by Gasteiger charge is 2.09. The van der Waals surface area contributed by atoms with Gasteiger partial charge >= 0.3 is 0 Å². The Hall–Kier alpha value is -2.80. The molecular weight excluding hydrogens is 266 g/mol. The first-order valence-corrected chi connectivity index (χ1v) is 6.51. The van der Waals surface area contributed by atoms with Gasteiger partial charge in [0.25, 0.3) is 0 Å². The summed E-state index contributed by atoms with van der Waals surface area (Å²) < 4.78 is 0. The molecule has 0 saturated heterocycles. The average Bonchev–Trinajstić information content (AvgIpc) is 2.90. The highest BCUT2D eigenvalue weighted by molar-refractivity contribution is 6.04. The normalized spacial score (nSPS) is 10.9. The molecule has 0 aromatic carbocycles. The van der Waals surface area contributed by atoms with Crippen molar-refractivity contribution in [3.8, 4) is 0 Å². The number of H-pyrrole nitrogens is 1. The van der Waals surface area contributed by atoms with Gasteiger partial charge in [-0.05, 0) is 23.8 Å². The van der Waals surface area contributed by atoms with Crippen molar-refractivity contribution in [1.82, 2.24) is 25.3 Å². The molecule has 7 nitrogen and oxygen atoms in total. The zero-order valence-electron chi connectivity index (χ0n) is 11.3. The van der Waals surface area contributed by atoms with Gasteiger partial charge in [0, 0.05) is 30.7 Å². The van der Waals surface area contributed by atoms with Crippen molar-refractivity contribution in [1.29, 1.82) is 5.41 Å². The number of aromatic nitrogens is 4. The van der Waals surface area contributed by atoms with Crippen molar-refractivity contribution >= 4 is 17.0 Å². The molecular formula is C14H15N7. The molecule has 0 amide bonds. The van der Waals surface area contributed by atoms with Crippen LogP contribution in [0.4, 0.5) is 0 Å². The van der Waals surface area contributed by atoms with Crippen LogP contribution in [0.5, 0.6) is 0 Å². The minimum absolute atomic E-state index is 0.00908. The summed E-state index contributed by atoms with van der Waals surface area (Å²) in [7, 11) is 0. The summed E-state index contributed by atoms with van der Waals surface area (Å²) in [5.41, 5.74) is 8.57. The van der Waals surface area contributed by atoms with Gasteiger partial charge in [0.1, 0.15) is 17.2 Å². The Morgan fingerprint density at radius 3 is 2.76 bits per heavy atom. The van der Waals surface area contributed by atoms with Gasteiger partial charge in [-0.1, -0.05) is 0 Å². The second-order valence-electron chi connectivity index (χ2n) is 4.61. The van der Waals surface area contributed by atoms with Gasteiger partial charge in [-0.3, -0.25) is 10.4 Å². The number of nitrogen functional groups attached to an aromatic ring is 1. The van der Waals surface area contributed by atoms with E-state index in [2.05, 4.69) is 25.3 Å². The molecule has 0 saturated carbocycles. The first kappa shape index (κ1) is 13.2. The highest BCUT2D eigenvalue weighted by atomic mass is 15.0. The van der Waals surface area contributed by atoms with Crippen molar-refractivity contribution in [2.24, 2.45) is 5.73 Å². The van der Waals surface area contributed by atoms with Crippen LogP contribution in [-0.4, -0.2) is 25.8 Å². The fraction of sp³-hybridized carbons (Fsp3) is 0.143. The topological polar surface area (TPSA) is 116 Å². The summed E-state index contributed by atoms with van der Waals surface area (Å²) in [6, 6.07) is 5.61. The van der Waals surface area contributed by atoms with Crippen molar-refractivity contribution < 1.29 is 0 Å². The summed E-state index contributed by atoms with van der Waals surface area (Å²) in [6.07, 6.45) is 5.15. The van der Waals surface area contributed by atoms with E-state index in [9.17, 15) is 0 Å². The number of hydrogen-bond acceptors (Lipinski definition) is 5. The number of imidazole rings is 1. The fourth-order valence-electron chi connectivity index (χ4n) is 2.09. The minimum Gasteiger partial charge on any atom is -0.384 e. The fourth-order valence-corrected chi connectivity index (χ4v) is 2.09. The van der Waals surface area contributed by atoms with Gasteiger partial charge in [-0.15, -0.1) is 0 Å². The van der Waals surface area contributed by atoms with Gasteiger partial charge in [0.2, 0.25) is 0 Å². The van der Waals surface area contributed by atoms with Crippen LogP contribution in [0, 0.1) is 5.41 Å². The minimum atomic E-state index is -0.00908. The number of rotatable bonds is 5. The van der Waals surface area contributed by atoms with Crippen LogP contribution in [-0.2, 0) is 13.1 Å². The molecule has 0 aliphatic heterocycles. The van der Waals surface area contributed by atoms with E-state index in [0.29, 0.717) is 23.3 Å². The van der Waals surface area contributed by atoms with Gasteiger partial charge < -0.3 is 16.0 Å². The van der Waals surface area contributed by atoms with Crippen LogP contribution >= 0.6 is 0 Å². The summed E-state index contributed by atoms with van der Waals surface area (Å²) >= 11 is 0. The van der Waals surface area contributed by atoms with Crippen LogP contribution in [0.25, 0.3) is 11.2 Å². The van der Waals surface area contributed by atoms with E-state index >= 15 is 0 Å². The lowest BCUT2D eigenvalue weighted by molar-refractivity contribution is 0.669. The Labute approximate surface area is 121 Å². The Bertz CT molecular complexity index is 763. The summed E-state index contributed by atoms with van der Waals surface area (Å²) in [5.74, 6) is 0.755. The van der Waals surface area contributed by atoms with E-state index in [-0.39, 0.29) is 5.84 Å². The van der Waals surface area contributed by atoms with Gasteiger partial charge in [-0.25, -0.2) is 9.97 Å². The summed E-state index contributed by atoms with van der Waals surface area (Å²) in [5, 5.41) is 10.8. The van der Waals surface area contributed by atoms with E-state index in [4.69, 9.17) is 11.1 Å². The number of nitrogens with two attached hydrogens (primary N) is 1. The smallest absolute Gasteiger partial charge is 0.158 e. The number of hydrogen-bond donors (Lipinski definition) is 4. The maximum atomic E-state index is 7.55. The standard InChI is InChI=1S/C14H15N7/c15-13(16)10-3-6-19-14-12(10)20-11(21-14)8-18-7-9-1-4-17-5-2-9/h1-6,18H,7-8H2,(H3,15,16)(H,19,20,21). The van der Waals surface area contributed by atoms with E-state index in [1.54, 1.807) is 24.7 Å². The molecule has 106 valence electrons. The maximum Gasteiger partial charge on any atom is 0.158 e. The van der Waals surface area contributed by atoms with Gasteiger partial charge in [0.15, 0.2) is 5.65 Å². The molecule has 0 spiro atoms. The van der Waals surface area contributed by atoms with Crippen molar-refractivity contribution in [2.45, 2.75) is 13.1 Å². The quantitative estimate of drug-likeness (QED) is 0.410. The predicted molar refractivity (Wildman–Crippen MR) is 79.7 cm³/mol. The first-order valence-electron chi connectivity index (χ1n) is 6.51. The molecule has 7 heteroatoms. The van der Waals surface area contributed by atoms with Gasteiger partial charge in [-0.2, -0.15) is 0 Å². The van der Waals surface area contributed by atoms with Gasteiger partial charge in [0.05, 0.1) is 6.54 Å². The van der Waals surface area contributed by atoms with Crippen molar-refractivity contribution in [3.05, 3.63) is 53.7 Å². The highest BCUT2D eigenvalue weighted by Crippen LogP contribution is 2.13. The first-order chi connectivity index (χ1) is 10.2. The molecule has 0 unspecified atom stereocenters. The molecule has 21 heavy (non-hydrogen) atoms. The van der Waals surface area contributed by atoms with Crippen LogP contribution in [0.15, 0.2) is 36.8 Å². The zero-order chi connectivity index (χ0) is 14.7. The third-order valence-electron chi connectivity index (χ3n) is 3.09. The number of nitrogens with zero attached hydrogens (tertiary/aromatic N) is 3. The lowest BCUT2D eigenvalue weighted by Crippen LogP contribution is -2.14.